The maximum atomic E-state index is 13.8. The molecule has 1 saturated heterocycles. The quantitative estimate of drug-likeness (QED) is 0.409. The summed E-state index contributed by atoms with van der Waals surface area (Å²) in [5.74, 6) is 1.01. The molecule has 2 aliphatic rings. The Kier molecular flexibility index (Phi) is 7.76. The van der Waals surface area contributed by atoms with Crippen LogP contribution in [0, 0.1) is 5.82 Å². The van der Waals surface area contributed by atoms with Crippen LogP contribution in [-0.4, -0.2) is 64.0 Å². The zero-order valence-corrected chi connectivity index (χ0v) is 22.7. The molecule has 0 saturated carbocycles. The van der Waals surface area contributed by atoms with E-state index in [1.807, 2.05) is 12.1 Å². The standard InChI is InChI=1S/C29H31FN2O6S/c1-36-27-17-21-13-16-32(26(25(21)18-28(27)37-2)19-38-23-9-7-22(30)8-10-23)29(33)20-5-11-24(12-6-20)39(34,35)31-14-3-4-15-31/h5-12,17-18,26H,3-4,13-16,19H2,1-2H3/t26-/m1/s1. The van der Waals surface area contributed by atoms with Crippen molar-refractivity contribution in [2.24, 2.45) is 0 Å². The lowest BCUT2D eigenvalue weighted by molar-refractivity contribution is 0.0589. The number of carbonyl (C=O) groups is 1. The second-order valence-corrected chi connectivity index (χ2v) is 11.5. The number of fused-ring (bicyclic) bond motifs is 1. The van der Waals surface area contributed by atoms with E-state index in [9.17, 15) is 17.6 Å². The number of ether oxygens (including phenoxy) is 3. The molecular formula is C29H31FN2O6S. The number of hydrogen-bond donors (Lipinski definition) is 0. The van der Waals surface area contributed by atoms with Gasteiger partial charge in [-0.3, -0.25) is 4.79 Å². The van der Waals surface area contributed by atoms with Crippen molar-refractivity contribution in [3.05, 3.63) is 83.2 Å². The van der Waals surface area contributed by atoms with Gasteiger partial charge in [0.25, 0.3) is 5.91 Å². The fourth-order valence-electron chi connectivity index (χ4n) is 5.17. The predicted octanol–water partition coefficient (Wildman–Crippen LogP) is 4.45. The molecule has 2 aliphatic heterocycles. The smallest absolute Gasteiger partial charge is 0.254 e. The van der Waals surface area contributed by atoms with Crippen molar-refractivity contribution in [3.8, 4) is 17.2 Å². The van der Waals surface area contributed by atoms with Crippen LogP contribution >= 0.6 is 0 Å². The first-order valence-electron chi connectivity index (χ1n) is 12.9. The monoisotopic (exact) mass is 554 g/mol. The molecule has 206 valence electrons. The molecule has 0 bridgehead atoms. The molecule has 0 radical (unpaired) electrons. The molecule has 8 nitrogen and oxygen atoms in total. The van der Waals surface area contributed by atoms with Gasteiger partial charge in [0.15, 0.2) is 11.5 Å². The van der Waals surface area contributed by atoms with Crippen molar-refractivity contribution in [1.29, 1.82) is 0 Å². The predicted molar refractivity (Wildman–Crippen MR) is 143 cm³/mol. The molecule has 39 heavy (non-hydrogen) atoms. The summed E-state index contributed by atoms with van der Waals surface area (Å²) in [5.41, 5.74) is 2.25. The Labute approximate surface area is 227 Å². The van der Waals surface area contributed by atoms with E-state index in [4.69, 9.17) is 14.2 Å². The third kappa shape index (κ3) is 5.44. The Morgan fingerprint density at radius 2 is 1.56 bits per heavy atom. The number of sulfonamides is 1. The van der Waals surface area contributed by atoms with Gasteiger partial charge in [-0.15, -0.1) is 0 Å². The highest BCUT2D eigenvalue weighted by Gasteiger charge is 2.34. The molecule has 0 N–H and O–H groups in total. The summed E-state index contributed by atoms with van der Waals surface area (Å²) in [5, 5.41) is 0. The molecule has 3 aromatic carbocycles. The Balaban J connectivity index is 1.44. The molecule has 1 fully saturated rings. The SMILES string of the molecule is COc1cc2c(cc1OC)[C@@H](COc1ccc(F)cc1)N(C(=O)c1ccc(S(=O)(=O)N3CCCC3)cc1)CC2. The lowest BCUT2D eigenvalue weighted by Gasteiger charge is -2.37. The summed E-state index contributed by atoms with van der Waals surface area (Å²) in [6.45, 7) is 1.58. The molecular weight excluding hydrogens is 523 g/mol. The normalized spacial score (nSPS) is 17.5. The number of nitrogens with zero attached hydrogens (tertiary/aromatic N) is 2. The first-order chi connectivity index (χ1) is 18.8. The minimum atomic E-state index is -3.58. The van der Waals surface area contributed by atoms with Crippen LogP contribution in [0.15, 0.2) is 65.6 Å². The fourth-order valence-corrected chi connectivity index (χ4v) is 6.69. The molecule has 1 atom stereocenters. The van der Waals surface area contributed by atoms with Crippen LogP contribution in [0.4, 0.5) is 4.39 Å². The minimum Gasteiger partial charge on any atom is -0.493 e. The summed E-state index contributed by atoms with van der Waals surface area (Å²) in [6.07, 6.45) is 2.30. The van der Waals surface area contributed by atoms with Crippen molar-refractivity contribution >= 4 is 15.9 Å². The summed E-state index contributed by atoms with van der Waals surface area (Å²) < 4.78 is 57.7. The van der Waals surface area contributed by atoms with E-state index in [0.29, 0.717) is 48.9 Å². The Bertz CT molecular complexity index is 1440. The van der Waals surface area contributed by atoms with Crippen LogP contribution in [0.5, 0.6) is 17.2 Å². The van der Waals surface area contributed by atoms with Gasteiger partial charge in [0, 0.05) is 25.2 Å². The van der Waals surface area contributed by atoms with Gasteiger partial charge in [-0.1, -0.05) is 0 Å². The molecule has 0 unspecified atom stereocenters. The van der Waals surface area contributed by atoms with Crippen molar-refractivity contribution in [2.45, 2.75) is 30.2 Å². The summed E-state index contributed by atoms with van der Waals surface area (Å²) in [4.78, 5) is 15.7. The van der Waals surface area contributed by atoms with Crippen LogP contribution in [0.3, 0.4) is 0 Å². The highest BCUT2D eigenvalue weighted by atomic mass is 32.2. The zero-order valence-electron chi connectivity index (χ0n) is 21.9. The topological polar surface area (TPSA) is 85.4 Å². The number of benzene rings is 3. The van der Waals surface area contributed by atoms with Gasteiger partial charge in [0.1, 0.15) is 18.2 Å². The van der Waals surface area contributed by atoms with Gasteiger partial charge in [0.05, 0.1) is 25.2 Å². The van der Waals surface area contributed by atoms with Gasteiger partial charge >= 0.3 is 0 Å². The zero-order chi connectivity index (χ0) is 27.6. The Morgan fingerprint density at radius 3 is 2.21 bits per heavy atom. The van der Waals surface area contributed by atoms with Gasteiger partial charge in [-0.2, -0.15) is 4.31 Å². The Morgan fingerprint density at radius 1 is 0.923 bits per heavy atom. The number of carbonyl (C=O) groups excluding carboxylic acids is 1. The number of amides is 1. The maximum absolute atomic E-state index is 13.8. The van der Waals surface area contributed by atoms with Gasteiger partial charge in [-0.05, 0) is 91.1 Å². The third-order valence-electron chi connectivity index (χ3n) is 7.29. The third-order valence-corrected chi connectivity index (χ3v) is 9.20. The number of hydrogen-bond acceptors (Lipinski definition) is 6. The van der Waals surface area contributed by atoms with Crippen LogP contribution in [0.1, 0.15) is 40.4 Å². The van der Waals surface area contributed by atoms with E-state index in [0.717, 1.165) is 24.0 Å². The van der Waals surface area contributed by atoms with Crippen LogP contribution in [0.25, 0.3) is 0 Å². The van der Waals surface area contributed by atoms with Crippen molar-refractivity contribution in [1.82, 2.24) is 9.21 Å². The maximum Gasteiger partial charge on any atom is 0.254 e. The lowest BCUT2D eigenvalue weighted by Crippen LogP contribution is -2.42. The number of rotatable bonds is 8. The molecule has 1 amide bonds. The van der Waals surface area contributed by atoms with E-state index in [1.54, 1.807) is 43.4 Å². The van der Waals surface area contributed by atoms with Gasteiger partial charge < -0.3 is 19.1 Å². The molecule has 0 aromatic heterocycles. The van der Waals surface area contributed by atoms with E-state index < -0.39 is 16.1 Å². The second kappa shape index (κ2) is 11.2. The van der Waals surface area contributed by atoms with Gasteiger partial charge in [-0.25, -0.2) is 12.8 Å². The highest BCUT2D eigenvalue weighted by molar-refractivity contribution is 7.89. The lowest BCUT2D eigenvalue weighted by atomic mass is 9.91. The summed E-state index contributed by atoms with van der Waals surface area (Å²) >= 11 is 0. The van der Waals surface area contributed by atoms with Crippen LogP contribution < -0.4 is 14.2 Å². The molecule has 5 rings (SSSR count). The molecule has 0 aliphatic carbocycles. The van der Waals surface area contributed by atoms with E-state index >= 15 is 0 Å². The average Bonchev–Trinajstić information content (AvgIpc) is 3.52. The highest BCUT2D eigenvalue weighted by Crippen LogP contribution is 2.39. The van der Waals surface area contributed by atoms with E-state index in [-0.39, 0.29) is 23.2 Å². The molecule has 3 aromatic rings. The molecule has 2 heterocycles. The number of halogens is 1. The van der Waals surface area contributed by atoms with Crippen LogP contribution in [-0.2, 0) is 16.4 Å². The van der Waals surface area contributed by atoms with Crippen molar-refractivity contribution < 1.29 is 31.8 Å². The van der Waals surface area contributed by atoms with E-state index in [1.165, 1.54) is 28.6 Å². The van der Waals surface area contributed by atoms with Gasteiger partial charge in [0.2, 0.25) is 10.0 Å². The fraction of sp³-hybridized carbons (Fsp3) is 0.345. The Hall–Kier alpha value is -3.63. The number of methoxy groups -OCH3 is 2. The summed E-state index contributed by atoms with van der Waals surface area (Å²) in [6, 6.07) is 15.1. The van der Waals surface area contributed by atoms with Crippen molar-refractivity contribution in [3.63, 3.8) is 0 Å². The second-order valence-electron chi connectivity index (χ2n) is 9.57. The molecule has 10 heteroatoms. The first kappa shape index (κ1) is 27.0. The first-order valence-corrected chi connectivity index (χ1v) is 14.3. The van der Waals surface area contributed by atoms with E-state index in [2.05, 4.69) is 0 Å². The summed E-state index contributed by atoms with van der Waals surface area (Å²) in [7, 11) is -0.449. The largest absolute Gasteiger partial charge is 0.493 e. The van der Waals surface area contributed by atoms with Crippen molar-refractivity contribution in [2.75, 3.05) is 40.5 Å². The minimum absolute atomic E-state index is 0.126. The molecule has 0 spiro atoms. The van der Waals surface area contributed by atoms with Crippen LogP contribution in [0.2, 0.25) is 0 Å². The average molecular weight is 555 g/mol.